The number of Topliss-reactive ketones (excluding diaryl/α,β-unsaturated/α-hetero) is 1. The molecule has 206 valence electrons. The normalized spacial score (nSPS) is 11.7. The minimum Gasteiger partial charge on any atom is -0.497 e. The minimum atomic E-state index is -0.936. The molecule has 10 nitrogen and oxygen atoms in total. The van der Waals surface area contributed by atoms with Crippen molar-refractivity contribution in [3.05, 3.63) is 29.8 Å². The lowest BCUT2D eigenvalue weighted by Crippen LogP contribution is -2.50. The minimum absolute atomic E-state index is 0.0805. The van der Waals surface area contributed by atoms with Gasteiger partial charge in [-0.3, -0.25) is 24.0 Å². The van der Waals surface area contributed by atoms with Crippen molar-refractivity contribution in [3.8, 4) is 5.75 Å². The van der Waals surface area contributed by atoms with E-state index >= 15 is 0 Å². The number of esters is 1. The summed E-state index contributed by atoms with van der Waals surface area (Å²) in [6.07, 6.45) is 3.91. The maximum atomic E-state index is 12.6. The van der Waals surface area contributed by atoms with Crippen LogP contribution in [0.1, 0.15) is 71.8 Å². The molecule has 0 heterocycles. The molecule has 0 saturated carbocycles. The zero-order chi connectivity index (χ0) is 27.8. The molecule has 3 amide bonds. The first-order valence-corrected chi connectivity index (χ1v) is 12.7. The van der Waals surface area contributed by atoms with Crippen molar-refractivity contribution in [1.29, 1.82) is 0 Å². The maximum Gasteiger partial charge on any atom is 0.325 e. The van der Waals surface area contributed by atoms with E-state index in [1.807, 2.05) is 31.2 Å². The van der Waals surface area contributed by atoms with E-state index in [0.717, 1.165) is 30.6 Å². The third kappa shape index (κ3) is 14.0. The standard InChI is InChI=1S/C27H41N3O7/c1-6-7-11-21(25(34)29-17-23(32)28-18-24(33)37-27(2,3)4)30-26(35)22(31)12-9-8-10-19-13-15-20(36-5)16-14-19/h13-16,21H,6-12,17-18H2,1-5H3,(H,28,32)(H,29,34)(H,30,35)/t21-/m0/s1. The highest BCUT2D eigenvalue weighted by Crippen LogP contribution is 2.14. The number of unbranched alkanes of at least 4 members (excludes halogenated alkanes) is 2. The predicted molar refractivity (Wildman–Crippen MR) is 139 cm³/mol. The Labute approximate surface area is 219 Å². The lowest BCUT2D eigenvalue weighted by Gasteiger charge is -2.20. The quantitative estimate of drug-likeness (QED) is 0.173. The number of benzene rings is 1. The Kier molecular flexibility index (Phi) is 14.0. The molecule has 0 bridgehead atoms. The Hall–Kier alpha value is -3.43. The number of rotatable bonds is 16. The number of amides is 3. The smallest absolute Gasteiger partial charge is 0.325 e. The second-order valence-electron chi connectivity index (χ2n) is 9.73. The lowest BCUT2D eigenvalue weighted by atomic mass is 10.0. The number of hydrogen-bond donors (Lipinski definition) is 3. The zero-order valence-corrected chi connectivity index (χ0v) is 22.6. The van der Waals surface area contributed by atoms with Crippen molar-refractivity contribution >= 4 is 29.5 Å². The van der Waals surface area contributed by atoms with Crippen molar-refractivity contribution in [3.63, 3.8) is 0 Å². The summed E-state index contributed by atoms with van der Waals surface area (Å²) in [5.74, 6) is -2.36. The first-order valence-electron chi connectivity index (χ1n) is 12.7. The van der Waals surface area contributed by atoms with Crippen molar-refractivity contribution in [2.45, 2.75) is 84.3 Å². The molecular formula is C27H41N3O7. The molecule has 1 aromatic rings. The van der Waals surface area contributed by atoms with Crippen LogP contribution in [-0.2, 0) is 35.1 Å². The first-order chi connectivity index (χ1) is 17.4. The maximum absolute atomic E-state index is 12.6. The van der Waals surface area contributed by atoms with E-state index in [-0.39, 0.29) is 19.5 Å². The summed E-state index contributed by atoms with van der Waals surface area (Å²) in [5, 5.41) is 7.32. The fourth-order valence-corrected chi connectivity index (χ4v) is 3.34. The molecule has 1 atom stereocenters. The van der Waals surface area contributed by atoms with E-state index in [9.17, 15) is 24.0 Å². The largest absolute Gasteiger partial charge is 0.497 e. The van der Waals surface area contributed by atoms with Gasteiger partial charge in [-0.2, -0.15) is 0 Å². The summed E-state index contributed by atoms with van der Waals surface area (Å²) in [6, 6.07) is 6.74. The molecule has 0 aliphatic rings. The topological polar surface area (TPSA) is 140 Å². The number of methoxy groups -OCH3 is 1. The predicted octanol–water partition coefficient (Wildman–Crippen LogP) is 2.23. The van der Waals surface area contributed by atoms with Crippen molar-refractivity contribution in [2.24, 2.45) is 0 Å². The summed E-state index contributed by atoms with van der Waals surface area (Å²) in [4.78, 5) is 61.0. The molecule has 0 aliphatic carbocycles. The molecule has 0 saturated heterocycles. The molecule has 1 aromatic carbocycles. The molecule has 0 aliphatic heterocycles. The van der Waals surface area contributed by atoms with Gasteiger partial charge in [-0.15, -0.1) is 0 Å². The van der Waals surface area contributed by atoms with Gasteiger partial charge >= 0.3 is 5.97 Å². The number of hydrogen-bond acceptors (Lipinski definition) is 7. The highest BCUT2D eigenvalue weighted by Gasteiger charge is 2.24. The SMILES string of the molecule is CCCC[C@H](NC(=O)C(=O)CCCCc1ccc(OC)cc1)C(=O)NCC(=O)NCC(=O)OC(C)(C)C. The van der Waals surface area contributed by atoms with E-state index in [1.165, 1.54) is 0 Å². The molecule has 0 aromatic heterocycles. The second kappa shape index (κ2) is 16.3. The fourth-order valence-electron chi connectivity index (χ4n) is 3.34. The molecule has 0 spiro atoms. The highest BCUT2D eigenvalue weighted by atomic mass is 16.6. The van der Waals surface area contributed by atoms with Crippen molar-refractivity contribution in [1.82, 2.24) is 16.0 Å². The number of ether oxygens (including phenoxy) is 2. The van der Waals surface area contributed by atoms with Gasteiger partial charge in [0, 0.05) is 6.42 Å². The van der Waals surface area contributed by atoms with Crippen molar-refractivity contribution < 1.29 is 33.4 Å². The number of nitrogens with one attached hydrogen (secondary N) is 3. The number of ketones is 1. The summed E-state index contributed by atoms with van der Waals surface area (Å²) in [5.41, 5.74) is 0.443. The van der Waals surface area contributed by atoms with E-state index in [4.69, 9.17) is 9.47 Å². The fraction of sp³-hybridized carbons (Fsp3) is 0.593. The van der Waals surface area contributed by atoms with Crippen LogP contribution in [0, 0.1) is 0 Å². The van der Waals surface area contributed by atoms with Gasteiger partial charge in [0.05, 0.1) is 13.7 Å². The van der Waals surface area contributed by atoms with Crippen LogP contribution in [0.2, 0.25) is 0 Å². The summed E-state index contributed by atoms with van der Waals surface area (Å²) >= 11 is 0. The van der Waals surface area contributed by atoms with Crippen LogP contribution >= 0.6 is 0 Å². The average Bonchev–Trinajstić information content (AvgIpc) is 2.85. The van der Waals surface area contributed by atoms with Crippen LogP contribution in [0.4, 0.5) is 0 Å². The number of aryl methyl sites for hydroxylation is 1. The summed E-state index contributed by atoms with van der Waals surface area (Å²) < 4.78 is 10.2. The van der Waals surface area contributed by atoms with Gasteiger partial charge in [0.2, 0.25) is 17.6 Å². The first kappa shape index (κ1) is 31.6. The van der Waals surface area contributed by atoms with Gasteiger partial charge in [-0.1, -0.05) is 31.9 Å². The van der Waals surface area contributed by atoms with Gasteiger partial charge in [0.25, 0.3) is 5.91 Å². The van der Waals surface area contributed by atoms with Gasteiger partial charge in [0.1, 0.15) is 23.9 Å². The lowest BCUT2D eigenvalue weighted by molar-refractivity contribution is -0.154. The van der Waals surface area contributed by atoms with Crippen LogP contribution < -0.4 is 20.7 Å². The van der Waals surface area contributed by atoms with Crippen LogP contribution in [-0.4, -0.2) is 61.3 Å². The molecule has 3 N–H and O–H groups in total. The monoisotopic (exact) mass is 519 g/mol. The van der Waals surface area contributed by atoms with Gasteiger partial charge in [-0.05, 0) is 64.2 Å². The van der Waals surface area contributed by atoms with Gasteiger partial charge in [0.15, 0.2) is 0 Å². The molecule has 37 heavy (non-hydrogen) atoms. The highest BCUT2D eigenvalue weighted by molar-refractivity contribution is 6.36. The van der Waals surface area contributed by atoms with E-state index < -0.39 is 41.1 Å². The van der Waals surface area contributed by atoms with E-state index in [1.54, 1.807) is 27.9 Å². The Morgan fingerprint density at radius 3 is 2.19 bits per heavy atom. The van der Waals surface area contributed by atoms with Crippen LogP contribution in [0.3, 0.4) is 0 Å². The second-order valence-corrected chi connectivity index (χ2v) is 9.73. The molecule has 0 unspecified atom stereocenters. The van der Waals surface area contributed by atoms with Crippen LogP contribution in [0.15, 0.2) is 24.3 Å². The molecule has 0 fully saturated rings. The van der Waals surface area contributed by atoms with Crippen LogP contribution in [0.5, 0.6) is 5.75 Å². The van der Waals surface area contributed by atoms with Gasteiger partial charge < -0.3 is 25.4 Å². The van der Waals surface area contributed by atoms with E-state index in [2.05, 4.69) is 16.0 Å². The Balaban J connectivity index is 2.45. The number of carbonyl (C=O) groups excluding carboxylic acids is 5. The molecule has 10 heteroatoms. The third-order valence-electron chi connectivity index (χ3n) is 5.27. The molecule has 0 radical (unpaired) electrons. The van der Waals surface area contributed by atoms with Gasteiger partial charge in [-0.25, -0.2) is 0 Å². The van der Waals surface area contributed by atoms with Crippen molar-refractivity contribution in [2.75, 3.05) is 20.2 Å². The third-order valence-corrected chi connectivity index (χ3v) is 5.27. The summed E-state index contributed by atoms with van der Waals surface area (Å²) in [7, 11) is 1.61. The zero-order valence-electron chi connectivity index (χ0n) is 22.6. The van der Waals surface area contributed by atoms with E-state index in [0.29, 0.717) is 19.3 Å². The molecule has 1 rings (SSSR count). The summed E-state index contributed by atoms with van der Waals surface area (Å²) in [6.45, 7) is 6.38. The average molecular weight is 520 g/mol. The number of carbonyl (C=O) groups is 5. The Morgan fingerprint density at radius 2 is 1.59 bits per heavy atom. The van der Waals surface area contributed by atoms with Crippen LogP contribution in [0.25, 0.3) is 0 Å². The molecular weight excluding hydrogens is 478 g/mol. The Morgan fingerprint density at radius 1 is 0.919 bits per heavy atom. The Bertz CT molecular complexity index is 908.